The molecule has 178 valence electrons. The second kappa shape index (κ2) is 10.6. The molecule has 0 atom stereocenters. The first-order valence-electron chi connectivity index (χ1n) is 12.0. The second-order valence-electron chi connectivity index (χ2n) is 10.1. The van der Waals surface area contributed by atoms with Gasteiger partial charge < -0.3 is 5.32 Å². The summed E-state index contributed by atoms with van der Waals surface area (Å²) in [5.74, 6) is 0.342. The Labute approximate surface area is 207 Å². The zero-order chi connectivity index (χ0) is 24.8. The molecule has 3 aromatic rings. The van der Waals surface area contributed by atoms with E-state index in [2.05, 4.69) is 69.1 Å². The highest BCUT2D eigenvalue weighted by Crippen LogP contribution is 2.31. The Morgan fingerprint density at radius 1 is 1.09 bits per heavy atom. The number of benzene rings is 2. The molecule has 0 radical (unpaired) electrons. The van der Waals surface area contributed by atoms with Crippen molar-refractivity contribution in [2.24, 2.45) is 5.41 Å². The van der Waals surface area contributed by atoms with Gasteiger partial charge in [-0.15, -0.1) is 0 Å². The Balaban J connectivity index is 1.74. The van der Waals surface area contributed by atoms with Crippen LogP contribution in [0.5, 0.6) is 0 Å². The Morgan fingerprint density at radius 2 is 1.83 bits per heavy atom. The standard InChI is InChI=1S/C31H32FN3/c1-22(20-31(2,3)4)27(18-23-14-8-9-15-23)35-30-28(19-24-12-6-5-7-13-24)34-29(21-33-30)25-16-10-11-17-26(25)32/h5-14,16-18,21H,1,15,19-20H2,2-4H3,(H,33,35)/b27-18-. The van der Waals surface area contributed by atoms with Crippen molar-refractivity contribution in [1.29, 1.82) is 0 Å². The molecule has 0 fully saturated rings. The Morgan fingerprint density at radius 3 is 2.51 bits per heavy atom. The molecule has 1 heterocycles. The molecular weight excluding hydrogens is 433 g/mol. The summed E-state index contributed by atoms with van der Waals surface area (Å²) in [6.07, 6.45) is 12.4. The van der Waals surface area contributed by atoms with Crippen molar-refractivity contribution in [3.8, 4) is 11.3 Å². The van der Waals surface area contributed by atoms with Gasteiger partial charge in [0.05, 0.1) is 17.6 Å². The molecule has 4 heteroatoms. The quantitative estimate of drug-likeness (QED) is 0.342. The lowest BCUT2D eigenvalue weighted by Crippen LogP contribution is -2.13. The van der Waals surface area contributed by atoms with Crippen molar-refractivity contribution in [2.75, 3.05) is 5.32 Å². The number of hydrogen-bond donors (Lipinski definition) is 1. The fourth-order valence-electron chi connectivity index (χ4n) is 4.09. The number of rotatable bonds is 8. The van der Waals surface area contributed by atoms with E-state index in [-0.39, 0.29) is 11.2 Å². The number of nitrogens with zero attached hydrogens (tertiary/aromatic N) is 2. The van der Waals surface area contributed by atoms with Gasteiger partial charge in [0.2, 0.25) is 0 Å². The summed E-state index contributed by atoms with van der Waals surface area (Å²) in [5, 5.41) is 3.54. The topological polar surface area (TPSA) is 37.8 Å². The molecule has 0 saturated heterocycles. The minimum Gasteiger partial charge on any atom is -0.338 e. The minimum atomic E-state index is -0.312. The van der Waals surface area contributed by atoms with Crippen LogP contribution in [0, 0.1) is 11.2 Å². The van der Waals surface area contributed by atoms with E-state index in [0.29, 0.717) is 23.5 Å². The fourth-order valence-corrected chi connectivity index (χ4v) is 4.09. The maximum atomic E-state index is 14.5. The van der Waals surface area contributed by atoms with Crippen LogP contribution in [0.1, 0.15) is 44.9 Å². The van der Waals surface area contributed by atoms with Crippen LogP contribution in [0.3, 0.4) is 0 Å². The highest BCUT2D eigenvalue weighted by molar-refractivity contribution is 5.62. The zero-order valence-corrected chi connectivity index (χ0v) is 20.7. The SMILES string of the molecule is C=C(CC(C)(C)C)/C(=C/C1=CC=CC1)Nc1ncc(-c2ccccc2F)nc1Cc1ccccc1. The molecule has 1 aliphatic rings. The molecule has 0 amide bonds. The van der Waals surface area contributed by atoms with Gasteiger partial charge in [-0.2, -0.15) is 0 Å². The van der Waals surface area contributed by atoms with Crippen LogP contribution in [0.4, 0.5) is 10.2 Å². The summed E-state index contributed by atoms with van der Waals surface area (Å²) in [5.41, 5.74) is 6.06. The molecule has 0 bridgehead atoms. The van der Waals surface area contributed by atoms with Crippen LogP contribution in [-0.2, 0) is 6.42 Å². The van der Waals surface area contributed by atoms with Crippen LogP contribution >= 0.6 is 0 Å². The third-order valence-corrected chi connectivity index (χ3v) is 5.72. The van der Waals surface area contributed by atoms with E-state index in [1.54, 1.807) is 18.3 Å². The number of anilines is 1. The summed E-state index contributed by atoms with van der Waals surface area (Å²) in [6.45, 7) is 11.0. The van der Waals surface area contributed by atoms with E-state index in [4.69, 9.17) is 9.97 Å². The number of hydrogen-bond acceptors (Lipinski definition) is 3. The van der Waals surface area contributed by atoms with E-state index in [0.717, 1.165) is 35.4 Å². The molecule has 1 aromatic heterocycles. The smallest absolute Gasteiger partial charge is 0.152 e. The van der Waals surface area contributed by atoms with E-state index >= 15 is 0 Å². The van der Waals surface area contributed by atoms with E-state index in [1.807, 2.05) is 24.3 Å². The first-order valence-corrected chi connectivity index (χ1v) is 12.0. The normalized spacial score (nSPS) is 13.6. The van der Waals surface area contributed by atoms with Crippen molar-refractivity contribution in [2.45, 2.75) is 40.0 Å². The van der Waals surface area contributed by atoms with Gasteiger partial charge in [-0.1, -0.05) is 88.0 Å². The summed E-state index contributed by atoms with van der Waals surface area (Å²) in [4.78, 5) is 9.60. The Hall–Kier alpha value is -3.79. The van der Waals surface area contributed by atoms with Crippen LogP contribution in [0.15, 0.2) is 109 Å². The lowest BCUT2D eigenvalue weighted by molar-refractivity contribution is 0.412. The van der Waals surface area contributed by atoms with Crippen LogP contribution in [-0.4, -0.2) is 9.97 Å². The van der Waals surface area contributed by atoms with E-state index in [1.165, 1.54) is 11.6 Å². The van der Waals surface area contributed by atoms with Crippen molar-refractivity contribution in [3.63, 3.8) is 0 Å². The average Bonchev–Trinajstić information content (AvgIpc) is 3.33. The molecule has 4 rings (SSSR count). The monoisotopic (exact) mass is 465 g/mol. The van der Waals surface area contributed by atoms with Crippen molar-refractivity contribution in [1.82, 2.24) is 9.97 Å². The molecule has 0 aliphatic heterocycles. The summed E-state index contributed by atoms with van der Waals surface area (Å²) >= 11 is 0. The molecule has 35 heavy (non-hydrogen) atoms. The summed E-state index contributed by atoms with van der Waals surface area (Å²) in [7, 11) is 0. The van der Waals surface area contributed by atoms with Crippen LogP contribution < -0.4 is 5.32 Å². The third kappa shape index (κ3) is 6.63. The van der Waals surface area contributed by atoms with Gasteiger partial charge in [-0.05, 0) is 53.2 Å². The van der Waals surface area contributed by atoms with Crippen LogP contribution in [0.2, 0.25) is 0 Å². The summed E-state index contributed by atoms with van der Waals surface area (Å²) < 4.78 is 14.5. The highest BCUT2D eigenvalue weighted by atomic mass is 19.1. The van der Waals surface area contributed by atoms with Crippen molar-refractivity contribution < 1.29 is 4.39 Å². The predicted molar refractivity (Wildman–Crippen MR) is 143 cm³/mol. The van der Waals surface area contributed by atoms with E-state index < -0.39 is 0 Å². The van der Waals surface area contributed by atoms with Crippen LogP contribution in [0.25, 0.3) is 11.3 Å². The average molecular weight is 466 g/mol. The molecule has 1 aliphatic carbocycles. The summed E-state index contributed by atoms with van der Waals surface area (Å²) in [6, 6.07) is 16.8. The van der Waals surface area contributed by atoms with Gasteiger partial charge in [0.15, 0.2) is 5.82 Å². The van der Waals surface area contributed by atoms with Gasteiger partial charge in [-0.25, -0.2) is 14.4 Å². The first kappa shape index (κ1) is 24.3. The Kier molecular flexibility index (Phi) is 7.40. The fraction of sp³-hybridized carbons (Fsp3) is 0.226. The lowest BCUT2D eigenvalue weighted by atomic mass is 9.87. The number of allylic oxidation sites excluding steroid dienone is 6. The van der Waals surface area contributed by atoms with Gasteiger partial charge >= 0.3 is 0 Å². The van der Waals surface area contributed by atoms with Crippen molar-refractivity contribution in [3.05, 3.63) is 126 Å². The Bertz CT molecular complexity index is 1290. The van der Waals surface area contributed by atoms with Gasteiger partial charge in [0.25, 0.3) is 0 Å². The molecule has 3 nitrogen and oxygen atoms in total. The maximum Gasteiger partial charge on any atom is 0.152 e. The van der Waals surface area contributed by atoms with E-state index in [9.17, 15) is 4.39 Å². The van der Waals surface area contributed by atoms with Gasteiger partial charge in [0.1, 0.15) is 5.82 Å². The minimum absolute atomic E-state index is 0.0907. The number of halogens is 1. The number of nitrogens with one attached hydrogen (secondary N) is 1. The molecule has 0 spiro atoms. The zero-order valence-electron chi connectivity index (χ0n) is 20.7. The number of aromatic nitrogens is 2. The molecule has 0 saturated carbocycles. The highest BCUT2D eigenvalue weighted by Gasteiger charge is 2.18. The lowest BCUT2D eigenvalue weighted by Gasteiger charge is -2.23. The first-order chi connectivity index (χ1) is 16.8. The molecule has 1 N–H and O–H groups in total. The maximum absolute atomic E-state index is 14.5. The molecular formula is C31H32FN3. The molecule has 0 unspecified atom stereocenters. The van der Waals surface area contributed by atoms with Crippen molar-refractivity contribution >= 4 is 5.82 Å². The molecule has 2 aromatic carbocycles. The second-order valence-corrected chi connectivity index (χ2v) is 10.1. The van der Waals surface area contributed by atoms with Gasteiger partial charge in [0, 0.05) is 17.7 Å². The third-order valence-electron chi connectivity index (χ3n) is 5.72. The predicted octanol–water partition coefficient (Wildman–Crippen LogP) is 8.05. The largest absolute Gasteiger partial charge is 0.338 e. The van der Waals surface area contributed by atoms with Gasteiger partial charge in [-0.3, -0.25) is 0 Å².